The molecule has 0 aliphatic carbocycles. The number of quaternary nitrogens is 1. The molecule has 3 N–H and O–H groups in total. The van der Waals surface area contributed by atoms with Gasteiger partial charge < -0.3 is 15.4 Å². The summed E-state index contributed by atoms with van der Waals surface area (Å²) in [7, 11) is 1.61. The zero-order chi connectivity index (χ0) is 17.7. The van der Waals surface area contributed by atoms with E-state index in [1.807, 2.05) is 30.4 Å². The van der Waals surface area contributed by atoms with Crippen LogP contribution in [0.3, 0.4) is 0 Å². The second-order valence-electron chi connectivity index (χ2n) is 5.29. The van der Waals surface area contributed by atoms with Gasteiger partial charge in [0.1, 0.15) is 17.6 Å². The lowest BCUT2D eigenvalue weighted by Crippen LogP contribution is -2.86. The highest BCUT2D eigenvalue weighted by atomic mass is 79.9. The first-order valence-electron chi connectivity index (χ1n) is 7.32. The van der Waals surface area contributed by atoms with Gasteiger partial charge in [0.25, 0.3) is 5.91 Å². The van der Waals surface area contributed by atoms with E-state index in [9.17, 15) is 9.18 Å². The molecule has 2 aromatic rings. The molecule has 7 heteroatoms. The number of anilines is 1. The minimum absolute atomic E-state index is 0.0849. The fourth-order valence-corrected chi connectivity index (χ4v) is 2.95. The molecule has 1 amide bonds. The second-order valence-corrected chi connectivity index (χ2v) is 6.56. The fourth-order valence-electron chi connectivity index (χ4n) is 2.18. The van der Waals surface area contributed by atoms with E-state index < -0.39 is 5.82 Å². The van der Waals surface area contributed by atoms with Crippen LogP contribution in [0.1, 0.15) is 18.5 Å². The average molecular weight is 417 g/mol. The number of nitrogens with two attached hydrogens (primary N) is 1. The molecule has 0 aliphatic rings. The van der Waals surface area contributed by atoms with E-state index in [1.165, 1.54) is 18.2 Å². The normalized spacial score (nSPS) is 11.9. The minimum Gasteiger partial charge on any atom is -0.496 e. The standard InChI is InChI=1S/C17H17BrClFN2O2/c1-10(11-3-6-16(24-2)13(18)7-11)21-9-17(23)22-15-5-4-12(20)8-14(15)19/h3-8,10,21H,9H2,1-2H3,(H,22,23)/p+1/t10-/m0/s1. The van der Waals surface area contributed by atoms with Crippen LogP contribution in [-0.2, 0) is 4.79 Å². The van der Waals surface area contributed by atoms with Gasteiger partial charge in [0.05, 0.1) is 22.3 Å². The van der Waals surface area contributed by atoms with Gasteiger partial charge in [-0.1, -0.05) is 11.6 Å². The van der Waals surface area contributed by atoms with Gasteiger partial charge in [-0.15, -0.1) is 0 Å². The number of ether oxygens (including phenoxy) is 1. The summed E-state index contributed by atoms with van der Waals surface area (Å²) in [6, 6.07) is 9.75. The number of carbonyl (C=O) groups excluding carboxylic acids is 1. The highest BCUT2D eigenvalue weighted by molar-refractivity contribution is 9.10. The number of benzene rings is 2. The van der Waals surface area contributed by atoms with Crippen molar-refractivity contribution in [3.8, 4) is 5.75 Å². The molecule has 0 radical (unpaired) electrons. The first-order chi connectivity index (χ1) is 11.4. The first kappa shape index (κ1) is 18.7. The number of nitrogens with one attached hydrogen (secondary N) is 1. The predicted molar refractivity (Wildman–Crippen MR) is 95.9 cm³/mol. The molecule has 4 nitrogen and oxygen atoms in total. The van der Waals surface area contributed by atoms with Crippen molar-refractivity contribution in [3.63, 3.8) is 0 Å². The third-order valence-electron chi connectivity index (χ3n) is 3.56. The van der Waals surface area contributed by atoms with E-state index in [4.69, 9.17) is 16.3 Å². The maximum absolute atomic E-state index is 13.0. The van der Waals surface area contributed by atoms with Crippen LogP contribution in [0, 0.1) is 5.82 Å². The van der Waals surface area contributed by atoms with Crippen molar-refractivity contribution in [3.05, 3.63) is 57.3 Å². The third kappa shape index (κ3) is 4.93. The Bertz CT molecular complexity index is 743. The zero-order valence-corrected chi connectivity index (χ0v) is 15.6. The molecule has 128 valence electrons. The molecule has 0 spiro atoms. The zero-order valence-electron chi connectivity index (χ0n) is 13.3. The average Bonchev–Trinajstić information content (AvgIpc) is 2.55. The van der Waals surface area contributed by atoms with Gasteiger partial charge in [0.2, 0.25) is 0 Å². The Labute approximate surface area is 153 Å². The third-order valence-corrected chi connectivity index (χ3v) is 4.50. The molecule has 0 unspecified atom stereocenters. The summed E-state index contributed by atoms with van der Waals surface area (Å²) in [5.41, 5.74) is 1.46. The molecule has 2 rings (SSSR count). The largest absolute Gasteiger partial charge is 0.496 e. The number of hydrogen-bond donors (Lipinski definition) is 2. The Kier molecular flexibility index (Phi) is 6.60. The smallest absolute Gasteiger partial charge is 0.279 e. The van der Waals surface area contributed by atoms with Gasteiger partial charge in [0, 0.05) is 5.56 Å². The molecular formula is C17H18BrClFN2O2+. The van der Waals surface area contributed by atoms with Gasteiger partial charge in [-0.2, -0.15) is 0 Å². The lowest BCUT2D eigenvalue weighted by Gasteiger charge is -2.13. The molecule has 0 bridgehead atoms. The van der Waals surface area contributed by atoms with Crippen molar-refractivity contribution >= 4 is 39.1 Å². The van der Waals surface area contributed by atoms with Crippen LogP contribution in [0.4, 0.5) is 10.1 Å². The Morgan fingerprint density at radius 1 is 1.38 bits per heavy atom. The molecule has 1 atom stereocenters. The van der Waals surface area contributed by atoms with E-state index in [0.717, 1.165) is 15.8 Å². The van der Waals surface area contributed by atoms with E-state index in [0.29, 0.717) is 5.69 Å². The van der Waals surface area contributed by atoms with Crippen LogP contribution in [-0.4, -0.2) is 19.6 Å². The van der Waals surface area contributed by atoms with Crippen LogP contribution in [0.2, 0.25) is 5.02 Å². The monoisotopic (exact) mass is 415 g/mol. The Balaban J connectivity index is 1.92. The molecule has 0 aliphatic heterocycles. The van der Waals surface area contributed by atoms with Crippen molar-refractivity contribution < 1.29 is 19.2 Å². The van der Waals surface area contributed by atoms with Gasteiger partial charge in [-0.05, 0) is 59.3 Å². The van der Waals surface area contributed by atoms with Gasteiger partial charge in [0.15, 0.2) is 6.54 Å². The highest BCUT2D eigenvalue weighted by Crippen LogP contribution is 2.27. The number of halogens is 3. The van der Waals surface area contributed by atoms with Crippen LogP contribution >= 0.6 is 27.5 Å². The summed E-state index contributed by atoms with van der Waals surface area (Å²) >= 11 is 9.35. The van der Waals surface area contributed by atoms with Crippen LogP contribution < -0.4 is 15.4 Å². The molecule has 0 saturated carbocycles. The molecule has 0 fully saturated rings. The topological polar surface area (TPSA) is 54.9 Å². The molecule has 0 saturated heterocycles. The lowest BCUT2D eigenvalue weighted by atomic mass is 10.1. The van der Waals surface area contributed by atoms with Crippen molar-refractivity contribution in [1.82, 2.24) is 0 Å². The summed E-state index contributed by atoms with van der Waals surface area (Å²) in [5.74, 6) is 0.112. The van der Waals surface area contributed by atoms with E-state index >= 15 is 0 Å². The fraction of sp³-hybridized carbons (Fsp3) is 0.235. The second kappa shape index (κ2) is 8.46. The first-order valence-corrected chi connectivity index (χ1v) is 8.49. The molecule has 0 heterocycles. The van der Waals surface area contributed by atoms with E-state index in [1.54, 1.807) is 7.11 Å². The SMILES string of the molecule is COc1ccc([C@H](C)[NH2+]CC(=O)Nc2ccc(F)cc2Cl)cc1Br. The highest BCUT2D eigenvalue weighted by Gasteiger charge is 2.14. The summed E-state index contributed by atoms with van der Waals surface area (Å²) in [5, 5.41) is 4.76. The number of rotatable bonds is 6. The van der Waals surface area contributed by atoms with Gasteiger partial charge in [-0.25, -0.2) is 4.39 Å². The summed E-state index contributed by atoms with van der Waals surface area (Å²) in [6.45, 7) is 2.23. The lowest BCUT2D eigenvalue weighted by molar-refractivity contribution is -0.682. The number of methoxy groups -OCH3 is 1. The van der Waals surface area contributed by atoms with E-state index in [-0.39, 0.29) is 23.5 Å². The van der Waals surface area contributed by atoms with Gasteiger partial charge in [-0.3, -0.25) is 4.79 Å². The van der Waals surface area contributed by atoms with Crippen LogP contribution in [0.15, 0.2) is 40.9 Å². The molecular weight excluding hydrogens is 399 g/mol. The maximum Gasteiger partial charge on any atom is 0.279 e. The molecule has 24 heavy (non-hydrogen) atoms. The Hall–Kier alpha value is -1.63. The quantitative estimate of drug-likeness (QED) is 0.757. The Morgan fingerprint density at radius 2 is 2.12 bits per heavy atom. The Morgan fingerprint density at radius 3 is 2.75 bits per heavy atom. The number of amides is 1. The van der Waals surface area contributed by atoms with E-state index in [2.05, 4.69) is 21.2 Å². The van der Waals surface area contributed by atoms with Crippen molar-refractivity contribution in [2.75, 3.05) is 19.0 Å². The van der Waals surface area contributed by atoms with Crippen molar-refractivity contribution in [2.45, 2.75) is 13.0 Å². The van der Waals surface area contributed by atoms with Crippen molar-refractivity contribution in [2.24, 2.45) is 0 Å². The molecule has 2 aromatic carbocycles. The number of hydrogen-bond acceptors (Lipinski definition) is 2. The maximum atomic E-state index is 13.0. The van der Waals surface area contributed by atoms with Crippen LogP contribution in [0.25, 0.3) is 0 Å². The number of carbonyl (C=O) groups is 1. The van der Waals surface area contributed by atoms with Crippen LogP contribution in [0.5, 0.6) is 5.75 Å². The minimum atomic E-state index is -0.441. The molecule has 0 aromatic heterocycles. The van der Waals surface area contributed by atoms with Crippen molar-refractivity contribution in [1.29, 1.82) is 0 Å². The summed E-state index contributed by atoms with van der Waals surface area (Å²) in [4.78, 5) is 12.0. The predicted octanol–water partition coefficient (Wildman–Crippen LogP) is 3.51. The van der Waals surface area contributed by atoms with Gasteiger partial charge >= 0.3 is 0 Å². The summed E-state index contributed by atoms with van der Waals surface area (Å²) in [6.07, 6.45) is 0. The summed E-state index contributed by atoms with van der Waals surface area (Å²) < 4.78 is 19.1.